The molecule has 0 heterocycles. The van der Waals surface area contributed by atoms with Crippen molar-refractivity contribution in [2.24, 2.45) is 0 Å². The molecular formula is C7H4Br4O. The quantitative estimate of drug-likeness (QED) is 0.593. The van der Waals surface area contributed by atoms with Gasteiger partial charge in [0, 0.05) is 8.95 Å². The van der Waals surface area contributed by atoms with Gasteiger partial charge in [0.25, 0.3) is 0 Å². The second-order valence-electron chi connectivity index (χ2n) is 2.00. The average molecular weight is 424 g/mol. The Morgan fingerprint density at radius 1 is 1.00 bits per heavy atom. The topological polar surface area (TPSA) is 9.23 Å². The van der Waals surface area contributed by atoms with E-state index in [-0.39, 0.29) is 0 Å². The molecule has 0 bridgehead atoms. The first-order valence-electron chi connectivity index (χ1n) is 2.95. The fourth-order valence-corrected chi connectivity index (χ4v) is 3.07. The molecule has 1 nitrogen and oxygen atoms in total. The van der Waals surface area contributed by atoms with E-state index in [2.05, 4.69) is 63.7 Å². The number of methoxy groups -OCH3 is 1. The molecule has 0 atom stereocenters. The van der Waals surface area contributed by atoms with Gasteiger partial charge < -0.3 is 4.74 Å². The Hall–Kier alpha value is 0.940. The Bertz CT molecular complexity index is 285. The Labute approximate surface area is 104 Å². The summed E-state index contributed by atoms with van der Waals surface area (Å²) in [6, 6.07) is 1.94. The minimum absolute atomic E-state index is 0.774. The molecule has 0 fully saturated rings. The molecule has 0 saturated carbocycles. The number of rotatable bonds is 1. The van der Waals surface area contributed by atoms with Crippen molar-refractivity contribution in [2.45, 2.75) is 0 Å². The highest BCUT2D eigenvalue weighted by Gasteiger charge is 2.12. The highest BCUT2D eigenvalue weighted by Crippen LogP contribution is 2.42. The van der Waals surface area contributed by atoms with Crippen LogP contribution in [0.4, 0.5) is 0 Å². The molecule has 0 aliphatic rings. The summed E-state index contributed by atoms with van der Waals surface area (Å²) in [5, 5.41) is 0. The van der Waals surface area contributed by atoms with Gasteiger partial charge in [-0.05, 0) is 69.8 Å². The lowest BCUT2D eigenvalue weighted by atomic mass is 10.3. The Kier molecular flexibility index (Phi) is 4.08. The molecule has 0 saturated heterocycles. The lowest BCUT2D eigenvalue weighted by Crippen LogP contribution is -1.87. The second kappa shape index (κ2) is 4.44. The van der Waals surface area contributed by atoms with Crippen molar-refractivity contribution < 1.29 is 4.74 Å². The molecule has 5 heteroatoms. The second-order valence-corrected chi connectivity index (χ2v) is 5.30. The van der Waals surface area contributed by atoms with Crippen LogP contribution in [0.3, 0.4) is 0 Å². The zero-order valence-corrected chi connectivity index (χ0v) is 12.3. The summed E-state index contributed by atoms with van der Waals surface area (Å²) < 4.78 is 8.90. The van der Waals surface area contributed by atoms with E-state index >= 15 is 0 Å². The summed E-state index contributed by atoms with van der Waals surface area (Å²) in [6.45, 7) is 0. The maximum atomic E-state index is 5.18. The third-order valence-corrected chi connectivity index (χ3v) is 5.17. The van der Waals surface area contributed by atoms with Crippen LogP contribution in [0.5, 0.6) is 5.75 Å². The summed E-state index contributed by atoms with van der Waals surface area (Å²) in [5.74, 6) is 0.774. The summed E-state index contributed by atoms with van der Waals surface area (Å²) >= 11 is 13.6. The molecule has 1 rings (SSSR count). The van der Waals surface area contributed by atoms with E-state index in [1.807, 2.05) is 6.07 Å². The van der Waals surface area contributed by atoms with Gasteiger partial charge in [0.05, 0.1) is 16.1 Å². The van der Waals surface area contributed by atoms with Gasteiger partial charge in [0.2, 0.25) is 0 Å². The van der Waals surface area contributed by atoms with Gasteiger partial charge in [-0.15, -0.1) is 0 Å². The van der Waals surface area contributed by atoms with Crippen LogP contribution in [-0.2, 0) is 0 Å². The van der Waals surface area contributed by atoms with Crippen molar-refractivity contribution in [3.05, 3.63) is 24.0 Å². The normalized spacial score (nSPS) is 10.1. The highest BCUT2D eigenvalue weighted by atomic mass is 79.9. The number of benzene rings is 1. The van der Waals surface area contributed by atoms with Crippen LogP contribution in [-0.4, -0.2) is 7.11 Å². The molecule has 0 aliphatic carbocycles. The zero-order chi connectivity index (χ0) is 9.30. The number of halogens is 4. The Morgan fingerprint density at radius 2 is 1.42 bits per heavy atom. The van der Waals surface area contributed by atoms with Crippen LogP contribution in [0.2, 0.25) is 0 Å². The molecular weight excluding hydrogens is 420 g/mol. The fraction of sp³-hybridized carbons (Fsp3) is 0.143. The van der Waals surface area contributed by atoms with Crippen LogP contribution in [0.15, 0.2) is 24.0 Å². The average Bonchev–Trinajstić information content (AvgIpc) is 2.02. The van der Waals surface area contributed by atoms with Crippen molar-refractivity contribution in [1.29, 1.82) is 0 Å². The maximum Gasteiger partial charge on any atom is 0.149 e. The lowest BCUT2D eigenvalue weighted by molar-refractivity contribution is 0.408. The molecule has 0 amide bonds. The summed E-state index contributed by atoms with van der Waals surface area (Å²) in [6.07, 6.45) is 0. The maximum absolute atomic E-state index is 5.18. The minimum Gasteiger partial charge on any atom is -0.494 e. The van der Waals surface area contributed by atoms with Crippen LogP contribution in [0.25, 0.3) is 0 Å². The summed E-state index contributed by atoms with van der Waals surface area (Å²) in [4.78, 5) is 0. The van der Waals surface area contributed by atoms with Gasteiger partial charge in [-0.2, -0.15) is 0 Å². The van der Waals surface area contributed by atoms with Crippen molar-refractivity contribution in [1.82, 2.24) is 0 Å². The first-order valence-corrected chi connectivity index (χ1v) is 6.12. The standard InChI is InChI=1S/C7H4Br4O/c1-12-7-5(10)3(8)2-4(9)6(7)11/h2H,1H3. The van der Waals surface area contributed by atoms with Crippen molar-refractivity contribution >= 4 is 63.7 Å². The van der Waals surface area contributed by atoms with Crippen molar-refractivity contribution in [3.63, 3.8) is 0 Å². The smallest absolute Gasteiger partial charge is 0.149 e. The monoisotopic (exact) mass is 420 g/mol. The molecule has 66 valence electrons. The van der Waals surface area contributed by atoms with Crippen LogP contribution >= 0.6 is 63.7 Å². The van der Waals surface area contributed by atoms with E-state index in [1.165, 1.54) is 0 Å². The van der Waals surface area contributed by atoms with E-state index in [4.69, 9.17) is 4.74 Å². The van der Waals surface area contributed by atoms with Gasteiger partial charge >= 0.3 is 0 Å². The molecule has 0 aliphatic heterocycles. The molecule has 0 spiro atoms. The molecule has 1 aromatic rings. The van der Waals surface area contributed by atoms with Gasteiger partial charge in [0.1, 0.15) is 5.75 Å². The van der Waals surface area contributed by atoms with Gasteiger partial charge in [-0.25, -0.2) is 0 Å². The van der Waals surface area contributed by atoms with E-state index in [0.717, 1.165) is 23.6 Å². The largest absolute Gasteiger partial charge is 0.494 e. The van der Waals surface area contributed by atoms with Crippen LogP contribution in [0.1, 0.15) is 0 Å². The number of hydrogen-bond acceptors (Lipinski definition) is 1. The predicted molar refractivity (Wildman–Crippen MR) is 63.8 cm³/mol. The third-order valence-electron chi connectivity index (χ3n) is 1.28. The number of ether oxygens (including phenoxy) is 1. The SMILES string of the molecule is COc1c(Br)c(Br)cc(Br)c1Br. The van der Waals surface area contributed by atoms with Crippen LogP contribution in [0, 0.1) is 0 Å². The lowest BCUT2D eigenvalue weighted by Gasteiger charge is -2.08. The minimum atomic E-state index is 0.774. The number of hydrogen-bond donors (Lipinski definition) is 0. The molecule has 0 radical (unpaired) electrons. The molecule has 0 N–H and O–H groups in total. The highest BCUT2D eigenvalue weighted by molar-refractivity contribution is 9.14. The van der Waals surface area contributed by atoms with Gasteiger partial charge in [-0.3, -0.25) is 0 Å². The van der Waals surface area contributed by atoms with E-state index in [0.29, 0.717) is 0 Å². The molecule has 0 unspecified atom stereocenters. The molecule has 0 aromatic heterocycles. The Balaban J connectivity index is 3.42. The first kappa shape index (κ1) is 11.0. The summed E-state index contributed by atoms with van der Waals surface area (Å²) in [7, 11) is 1.63. The van der Waals surface area contributed by atoms with Crippen LogP contribution < -0.4 is 4.74 Å². The zero-order valence-electron chi connectivity index (χ0n) is 6.00. The van der Waals surface area contributed by atoms with Crippen molar-refractivity contribution in [3.8, 4) is 5.75 Å². The van der Waals surface area contributed by atoms with Gasteiger partial charge in [0.15, 0.2) is 0 Å². The molecule has 12 heavy (non-hydrogen) atoms. The van der Waals surface area contributed by atoms with E-state index in [1.54, 1.807) is 7.11 Å². The third kappa shape index (κ3) is 2.05. The first-order chi connectivity index (χ1) is 5.57. The summed E-state index contributed by atoms with van der Waals surface area (Å²) in [5.41, 5.74) is 0. The van der Waals surface area contributed by atoms with E-state index in [9.17, 15) is 0 Å². The van der Waals surface area contributed by atoms with E-state index < -0.39 is 0 Å². The Morgan fingerprint density at radius 3 is 1.75 bits per heavy atom. The van der Waals surface area contributed by atoms with Gasteiger partial charge in [-0.1, -0.05) is 0 Å². The predicted octanol–water partition coefficient (Wildman–Crippen LogP) is 4.75. The fourth-order valence-electron chi connectivity index (χ4n) is 0.730. The van der Waals surface area contributed by atoms with Crippen molar-refractivity contribution in [2.75, 3.05) is 7.11 Å². The molecule has 1 aromatic carbocycles.